The Kier molecular flexibility index (Phi) is 6.56. The number of amides is 2. The van der Waals surface area contributed by atoms with Crippen LogP contribution in [0.2, 0.25) is 0 Å². The van der Waals surface area contributed by atoms with Gasteiger partial charge in [-0.3, -0.25) is 9.59 Å². The van der Waals surface area contributed by atoms with Crippen LogP contribution in [0.4, 0.5) is 5.69 Å². The van der Waals surface area contributed by atoms with Crippen molar-refractivity contribution < 1.29 is 18.7 Å². The van der Waals surface area contributed by atoms with Gasteiger partial charge in [-0.2, -0.15) is 0 Å². The largest absolute Gasteiger partial charge is 0.486 e. The standard InChI is InChI=1S/C25H21BrN2O4/c1-16-12-19(26)7-10-22(16)28-24(29)14-27-25(30)23-11-9-21(32-23)15-31-20-8-6-17-4-2-3-5-18(17)13-20/h2-13H,14-15H2,1H3,(H,27,30)(H,28,29). The molecule has 3 aromatic carbocycles. The second-order valence-corrected chi connectivity index (χ2v) is 8.17. The van der Waals surface area contributed by atoms with Gasteiger partial charge in [0.1, 0.15) is 18.1 Å². The van der Waals surface area contributed by atoms with Gasteiger partial charge in [-0.05, 0) is 65.7 Å². The number of furan rings is 1. The Labute approximate surface area is 193 Å². The predicted octanol–water partition coefficient (Wildman–Crippen LogP) is 5.45. The Morgan fingerprint density at radius 2 is 1.78 bits per heavy atom. The van der Waals surface area contributed by atoms with Crippen molar-refractivity contribution in [3.05, 3.63) is 94.4 Å². The van der Waals surface area contributed by atoms with Crippen LogP contribution in [-0.2, 0) is 11.4 Å². The highest BCUT2D eigenvalue weighted by molar-refractivity contribution is 9.10. The van der Waals surface area contributed by atoms with Gasteiger partial charge in [0.2, 0.25) is 5.91 Å². The van der Waals surface area contributed by atoms with Gasteiger partial charge in [-0.25, -0.2) is 0 Å². The van der Waals surface area contributed by atoms with E-state index in [1.165, 1.54) is 0 Å². The lowest BCUT2D eigenvalue weighted by atomic mass is 10.1. The molecule has 0 unspecified atom stereocenters. The summed E-state index contributed by atoms with van der Waals surface area (Å²) in [5, 5.41) is 7.56. The topological polar surface area (TPSA) is 80.6 Å². The van der Waals surface area contributed by atoms with E-state index in [0.717, 1.165) is 20.8 Å². The third-order valence-corrected chi connectivity index (χ3v) is 5.35. The quantitative estimate of drug-likeness (QED) is 0.359. The first-order chi connectivity index (χ1) is 15.5. The van der Waals surface area contributed by atoms with E-state index in [-0.39, 0.29) is 24.8 Å². The maximum atomic E-state index is 12.3. The molecule has 0 radical (unpaired) electrons. The minimum absolute atomic E-state index is 0.120. The van der Waals surface area contributed by atoms with E-state index in [2.05, 4.69) is 26.6 Å². The summed E-state index contributed by atoms with van der Waals surface area (Å²) < 4.78 is 12.3. The zero-order valence-corrected chi connectivity index (χ0v) is 18.9. The van der Waals surface area contributed by atoms with E-state index in [0.29, 0.717) is 17.2 Å². The molecule has 0 saturated heterocycles. The molecule has 4 rings (SSSR count). The fourth-order valence-corrected chi connectivity index (χ4v) is 3.67. The first-order valence-corrected chi connectivity index (χ1v) is 10.8. The smallest absolute Gasteiger partial charge is 0.287 e. The average molecular weight is 493 g/mol. The molecule has 1 heterocycles. The molecule has 0 spiro atoms. The van der Waals surface area contributed by atoms with Gasteiger partial charge in [-0.1, -0.05) is 46.3 Å². The number of anilines is 1. The van der Waals surface area contributed by atoms with Gasteiger partial charge in [-0.15, -0.1) is 0 Å². The summed E-state index contributed by atoms with van der Waals surface area (Å²) in [6, 6.07) is 22.6. The molecular formula is C25H21BrN2O4. The third-order valence-electron chi connectivity index (χ3n) is 4.86. The minimum atomic E-state index is -0.468. The van der Waals surface area contributed by atoms with E-state index in [9.17, 15) is 9.59 Å². The molecule has 0 atom stereocenters. The fraction of sp³-hybridized carbons (Fsp3) is 0.120. The van der Waals surface area contributed by atoms with Crippen LogP contribution in [0.3, 0.4) is 0 Å². The zero-order chi connectivity index (χ0) is 22.5. The highest BCUT2D eigenvalue weighted by Crippen LogP contribution is 2.22. The minimum Gasteiger partial charge on any atom is -0.486 e. The van der Waals surface area contributed by atoms with Crippen LogP contribution >= 0.6 is 15.9 Å². The van der Waals surface area contributed by atoms with Crippen molar-refractivity contribution in [2.75, 3.05) is 11.9 Å². The molecule has 7 heteroatoms. The van der Waals surface area contributed by atoms with Crippen LogP contribution in [0.1, 0.15) is 21.9 Å². The molecule has 0 bridgehead atoms. The van der Waals surface area contributed by atoms with E-state index in [1.54, 1.807) is 18.2 Å². The molecule has 0 aliphatic rings. The normalized spacial score (nSPS) is 10.7. The van der Waals surface area contributed by atoms with Crippen LogP contribution in [0.25, 0.3) is 10.8 Å². The molecule has 162 valence electrons. The van der Waals surface area contributed by atoms with Crippen molar-refractivity contribution in [3.8, 4) is 5.75 Å². The summed E-state index contributed by atoms with van der Waals surface area (Å²) in [6.45, 7) is 1.91. The third kappa shape index (κ3) is 5.36. The van der Waals surface area contributed by atoms with Crippen molar-refractivity contribution in [1.82, 2.24) is 5.32 Å². The van der Waals surface area contributed by atoms with Crippen molar-refractivity contribution in [2.45, 2.75) is 13.5 Å². The summed E-state index contributed by atoms with van der Waals surface area (Å²) in [5.74, 6) is 0.554. The Bertz CT molecular complexity index is 1280. The Morgan fingerprint density at radius 3 is 2.59 bits per heavy atom. The van der Waals surface area contributed by atoms with E-state index in [1.807, 2.05) is 61.5 Å². The van der Waals surface area contributed by atoms with Crippen molar-refractivity contribution in [2.24, 2.45) is 0 Å². The van der Waals surface area contributed by atoms with Crippen molar-refractivity contribution in [1.29, 1.82) is 0 Å². The number of benzene rings is 3. The number of hydrogen-bond donors (Lipinski definition) is 2. The molecular weight excluding hydrogens is 472 g/mol. The molecule has 32 heavy (non-hydrogen) atoms. The fourth-order valence-electron chi connectivity index (χ4n) is 3.20. The first-order valence-electron chi connectivity index (χ1n) is 10.0. The van der Waals surface area contributed by atoms with Gasteiger partial charge in [0.05, 0.1) is 6.54 Å². The number of rotatable bonds is 7. The Morgan fingerprint density at radius 1 is 0.969 bits per heavy atom. The van der Waals surface area contributed by atoms with Gasteiger partial charge in [0.15, 0.2) is 5.76 Å². The van der Waals surface area contributed by atoms with Gasteiger partial charge in [0.25, 0.3) is 5.91 Å². The molecule has 4 aromatic rings. The number of fused-ring (bicyclic) bond motifs is 1. The zero-order valence-electron chi connectivity index (χ0n) is 17.4. The highest BCUT2D eigenvalue weighted by atomic mass is 79.9. The van der Waals surface area contributed by atoms with Gasteiger partial charge >= 0.3 is 0 Å². The van der Waals surface area contributed by atoms with E-state index >= 15 is 0 Å². The van der Waals surface area contributed by atoms with Crippen LogP contribution in [0.5, 0.6) is 5.75 Å². The maximum Gasteiger partial charge on any atom is 0.287 e. The summed E-state index contributed by atoms with van der Waals surface area (Å²) in [5.41, 5.74) is 1.61. The summed E-state index contributed by atoms with van der Waals surface area (Å²) >= 11 is 3.38. The van der Waals surface area contributed by atoms with Crippen molar-refractivity contribution >= 4 is 44.2 Å². The predicted molar refractivity (Wildman–Crippen MR) is 127 cm³/mol. The van der Waals surface area contributed by atoms with E-state index in [4.69, 9.17) is 9.15 Å². The molecule has 0 saturated carbocycles. The van der Waals surface area contributed by atoms with Gasteiger partial charge < -0.3 is 19.8 Å². The average Bonchev–Trinajstić information content (AvgIpc) is 3.27. The second-order valence-electron chi connectivity index (χ2n) is 7.25. The lowest BCUT2D eigenvalue weighted by molar-refractivity contribution is -0.115. The Hall–Kier alpha value is -3.58. The van der Waals surface area contributed by atoms with Crippen LogP contribution in [-0.4, -0.2) is 18.4 Å². The molecule has 0 aliphatic heterocycles. The molecule has 1 aromatic heterocycles. The van der Waals surface area contributed by atoms with E-state index < -0.39 is 5.91 Å². The summed E-state index contributed by atoms with van der Waals surface area (Å²) in [7, 11) is 0. The number of hydrogen-bond acceptors (Lipinski definition) is 4. The molecule has 0 fully saturated rings. The number of nitrogens with one attached hydrogen (secondary N) is 2. The number of carbonyl (C=O) groups is 2. The number of ether oxygens (including phenoxy) is 1. The Balaban J connectivity index is 1.28. The van der Waals surface area contributed by atoms with Gasteiger partial charge in [0, 0.05) is 10.2 Å². The van der Waals surface area contributed by atoms with Crippen molar-refractivity contribution in [3.63, 3.8) is 0 Å². The number of carbonyl (C=O) groups excluding carboxylic acids is 2. The number of aryl methyl sites for hydroxylation is 1. The van der Waals surface area contributed by atoms with Crippen LogP contribution < -0.4 is 15.4 Å². The number of halogens is 1. The lowest BCUT2D eigenvalue weighted by Gasteiger charge is -2.09. The maximum absolute atomic E-state index is 12.3. The molecule has 6 nitrogen and oxygen atoms in total. The summed E-state index contributed by atoms with van der Waals surface area (Å²) in [4.78, 5) is 24.5. The lowest BCUT2D eigenvalue weighted by Crippen LogP contribution is -2.32. The van der Waals surface area contributed by atoms with Crippen LogP contribution in [0.15, 0.2) is 81.7 Å². The SMILES string of the molecule is Cc1cc(Br)ccc1NC(=O)CNC(=O)c1ccc(COc2ccc3ccccc3c2)o1. The van der Waals surface area contributed by atoms with Crippen LogP contribution in [0, 0.1) is 6.92 Å². The monoisotopic (exact) mass is 492 g/mol. The summed E-state index contributed by atoms with van der Waals surface area (Å²) in [6.07, 6.45) is 0. The first kappa shape index (κ1) is 21.6. The molecule has 2 amide bonds. The second kappa shape index (κ2) is 9.70. The molecule has 2 N–H and O–H groups in total. The molecule has 0 aliphatic carbocycles. The highest BCUT2D eigenvalue weighted by Gasteiger charge is 2.13.